The van der Waals surface area contributed by atoms with Crippen molar-refractivity contribution in [1.82, 2.24) is 10.3 Å². The summed E-state index contributed by atoms with van der Waals surface area (Å²) in [7, 11) is 0. The van der Waals surface area contributed by atoms with Gasteiger partial charge in [0.1, 0.15) is 5.82 Å². The highest BCUT2D eigenvalue weighted by atomic mass is 32.1. The zero-order valence-corrected chi connectivity index (χ0v) is 15.8. The van der Waals surface area contributed by atoms with Gasteiger partial charge in [0.25, 0.3) is 5.91 Å². The molecule has 3 aromatic rings. The van der Waals surface area contributed by atoms with Crippen LogP contribution in [0.3, 0.4) is 0 Å². The number of halogens is 1. The second-order valence-electron chi connectivity index (χ2n) is 5.81. The van der Waals surface area contributed by atoms with Crippen LogP contribution in [-0.2, 0) is 6.42 Å². The third kappa shape index (κ3) is 4.42. The second kappa shape index (κ2) is 8.33. The van der Waals surface area contributed by atoms with Gasteiger partial charge in [-0.25, -0.2) is 9.37 Å². The Kier molecular flexibility index (Phi) is 5.90. The van der Waals surface area contributed by atoms with Crippen molar-refractivity contribution in [2.24, 2.45) is 0 Å². The molecule has 0 unspecified atom stereocenters. The third-order valence-corrected chi connectivity index (χ3v) is 4.98. The molecule has 0 aliphatic heterocycles. The number of unbranched alkanes of at least 4 members (excludes halogenated alkanes) is 1. The number of nitrogens with zero attached hydrogens (tertiary/aromatic N) is 1. The Labute approximate surface area is 160 Å². The number of carbonyl (C=O) groups excluding carboxylic acids is 1. The van der Waals surface area contributed by atoms with Crippen molar-refractivity contribution in [3.05, 3.63) is 59.4 Å². The second-order valence-corrected chi connectivity index (χ2v) is 7.25. The minimum atomic E-state index is -0.594. The molecule has 0 aliphatic carbocycles. The first-order valence-corrected chi connectivity index (χ1v) is 9.55. The van der Waals surface area contributed by atoms with Gasteiger partial charge in [-0.2, -0.15) is 0 Å². The van der Waals surface area contributed by atoms with E-state index in [1.807, 2.05) is 6.07 Å². The molecule has 1 amide bonds. The highest BCUT2D eigenvalue weighted by Gasteiger charge is 2.13. The van der Waals surface area contributed by atoms with E-state index in [1.54, 1.807) is 6.07 Å². The molecular formula is C19H18FN3OS2. The summed E-state index contributed by atoms with van der Waals surface area (Å²) in [6, 6.07) is 12.0. The quantitative estimate of drug-likeness (QED) is 0.611. The summed E-state index contributed by atoms with van der Waals surface area (Å²) in [5.74, 6) is -1.18. The molecule has 1 aromatic heterocycles. The zero-order valence-electron chi connectivity index (χ0n) is 14.2. The first-order chi connectivity index (χ1) is 12.6. The standard InChI is InChI=1S/C19H18FN3OS2/c1-2-3-6-12-9-10-15-16(11-12)26-19(21-15)23-18(25)22-17(24)13-7-4-5-8-14(13)20/h4-5,7-11H,2-3,6H2,1H3,(H2,21,22,23,24,25). The van der Waals surface area contributed by atoms with Crippen LogP contribution in [-0.4, -0.2) is 16.0 Å². The molecule has 0 radical (unpaired) electrons. The van der Waals surface area contributed by atoms with Crippen LogP contribution in [0.25, 0.3) is 10.2 Å². The molecule has 0 bridgehead atoms. The number of benzene rings is 2. The molecule has 0 fully saturated rings. The number of hydrogen-bond acceptors (Lipinski definition) is 4. The molecular weight excluding hydrogens is 369 g/mol. The summed E-state index contributed by atoms with van der Waals surface area (Å²) < 4.78 is 14.7. The number of hydrogen-bond donors (Lipinski definition) is 2. The Morgan fingerprint density at radius 1 is 1.27 bits per heavy atom. The van der Waals surface area contributed by atoms with E-state index in [4.69, 9.17) is 12.2 Å². The summed E-state index contributed by atoms with van der Waals surface area (Å²) in [4.78, 5) is 16.6. The molecule has 1 heterocycles. The molecule has 26 heavy (non-hydrogen) atoms. The van der Waals surface area contributed by atoms with Crippen molar-refractivity contribution in [2.75, 3.05) is 5.32 Å². The maximum atomic E-state index is 13.6. The van der Waals surface area contributed by atoms with Crippen molar-refractivity contribution < 1.29 is 9.18 Å². The molecule has 0 aliphatic rings. The SMILES string of the molecule is CCCCc1ccc2nc(NC(=S)NC(=O)c3ccccc3F)sc2c1. The van der Waals surface area contributed by atoms with E-state index in [1.165, 1.54) is 35.1 Å². The van der Waals surface area contributed by atoms with Crippen LogP contribution >= 0.6 is 23.6 Å². The Bertz CT molecular complexity index is 955. The number of thiazole rings is 1. The minimum Gasteiger partial charge on any atom is -0.308 e. The van der Waals surface area contributed by atoms with Crippen LogP contribution in [0.5, 0.6) is 0 Å². The van der Waals surface area contributed by atoms with Crippen LogP contribution in [0.1, 0.15) is 35.7 Å². The van der Waals surface area contributed by atoms with E-state index in [0.29, 0.717) is 5.13 Å². The van der Waals surface area contributed by atoms with Crippen molar-refractivity contribution in [2.45, 2.75) is 26.2 Å². The van der Waals surface area contributed by atoms with E-state index < -0.39 is 11.7 Å². The van der Waals surface area contributed by atoms with Gasteiger partial charge in [-0.15, -0.1) is 0 Å². The lowest BCUT2D eigenvalue weighted by Crippen LogP contribution is -2.34. The van der Waals surface area contributed by atoms with E-state index in [-0.39, 0.29) is 10.7 Å². The topological polar surface area (TPSA) is 54.0 Å². The number of amides is 1. The highest BCUT2D eigenvalue weighted by molar-refractivity contribution is 7.80. The first-order valence-electron chi connectivity index (χ1n) is 8.33. The number of carbonyl (C=O) groups is 1. The number of fused-ring (bicyclic) bond motifs is 1. The number of aryl methyl sites for hydroxylation is 1. The summed E-state index contributed by atoms with van der Waals surface area (Å²) >= 11 is 6.61. The minimum absolute atomic E-state index is 0.0542. The molecule has 3 rings (SSSR count). The van der Waals surface area contributed by atoms with Crippen LogP contribution in [0.4, 0.5) is 9.52 Å². The summed E-state index contributed by atoms with van der Waals surface area (Å²) in [6.07, 6.45) is 3.36. The molecule has 2 aromatic carbocycles. The van der Waals surface area contributed by atoms with E-state index in [9.17, 15) is 9.18 Å². The Hall–Kier alpha value is -2.38. The molecule has 4 nitrogen and oxygen atoms in total. The molecule has 0 spiro atoms. The van der Waals surface area contributed by atoms with Crippen molar-refractivity contribution in [3.63, 3.8) is 0 Å². The van der Waals surface area contributed by atoms with Gasteiger partial charge in [-0.05, 0) is 54.9 Å². The normalized spacial score (nSPS) is 10.7. The van der Waals surface area contributed by atoms with Crippen molar-refractivity contribution in [1.29, 1.82) is 0 Å². The summed E-state index contributed by atoms with van der Waals surface area (Å²) in [5.41, 5.74) is 2.10. The number of aromatic nitrogens is 1. The predicted octanol–water partition coefficient (Wildman–Crippen LogP) is 4.90. The fraction of sp³-hybridized carbons (Fsp3) is 0.211. The van der Waals surface area contributed by atoms with Crippen molar-refractivity contribution >= 4 is 49.9 Å². The average molecular weight is 388 g/mol. The maximum Gasteiger partial charge on any atom is 0.260 e. The van der Waals surface area contributed by atoms with Gasteiger partial charge in [-0.1, -0.05) is 42.9 Å². The lowest BCUT2D eigenvalue weighted by atomic mass is 10.1. The average Bonchev–Trinajstić information content (AvgIpc) is 3.01. The Balaban J connectivity index is 1.67. The van der Waals surface area contributed by atoms with E-state index in [0.717, 1.165) is 29.5 Å². The zero-order chi connectivity index (χ0) is 18.5. The summed E-state index contributed by atoms with van der Waals surface area (Å²) in [5, 5.41) is 6.05. The molecule has 134 valence electrons. The largest absolute Gasteiger partial charge is 0.308 e. The van der Waals surface area contributed by atoms with Crippen molar-refractivity contribution in [3.8, 4) is 0 Å². The van der Waals surface area contributed by atoms with E-state index in [2.05, 4.69) is 34.7 Å². The van der Waals surface area contributed by atoms with Crippen LogP contribution in [0, 0.1) is 5.82 Å². The Morgan fingerprint density at radius 3 is 2.85 bits per heavy atom. The molecule has 7 heteroatoms. The fourth-order valence-electron chi connectivity index (χ4n) is 2.50. The maximum absolute atomic E-state index is 13.6. The molecule has 0 saturated carbocycles. The lowest BCUT2D eigenvalue weighted by Gasteiger charge is -2.07. The molecule has 0 saturated heterocycles. The molecule has 2 N–H and O–H groups in total. The van der Waals surface area contributed by atoms with Gasteiger partial charge in [0, 0.05) is 0 Å². The Morgan fingerprint density at radius 2 is 2.08 bits per heavy atom. The fourth-order valence-corrected chi connectivity index (χ4v) is 3.69. The van der Waals surface area contributed by atoms with Gasteiger partial charge in [0.2, 0.25) is 0 Å². The summed E-state index contributed by atoms with van der Waals surface area (Å²) in [6.45, 7) is 2.17. The third-order valence-electron chi connectivity index (χ3n) is 3.84. The van der Waals surface area contributed by atoms with Gasteiger partial charge >= 0.3 is 0 Å². The lowest BCUT2D eigenvalue weighted by molar-refractivity contribution is 0.0974. The number of nitrogens with one attached hydrogen (secondary N) is 2. The smallest absolute Gasteiger partial charge is 0.260 e. The van der Waals surface area contributed by atoms with Gasteiger partial charge < -0.3 is 5.32 Å². The van der Waals surface area contributed by atoms with E-state index >= 15 is 0 Å². The van der Waals surface area contributed by atoms with Gasteiger partial charge in [0.15, 0.2) is 10.2 Å². The van der Waals surface area contributed by atoms with Gasteiger partial charge in [0.05, 0.1) is 15.8 Å². The number of rotatable bonds is 5. The van der Waals surface area contributed by atoms with Crippen LogP contribution in [0.15, 0.2) is 42.5 Å². The van der Waals surface area contributed by atoms with Gasteiger partial charge in [-0.3, -0.25) is 10.1 Å². The predicted molar refractivity (Wildman–Crippen MR) is 108 cm³/mol. The van der Waals surface area contributed by atoms with Crippen LogP contribution < -0.4 is 10.6 Å². The first kappa shape index (κ1) is 18.4. The monoisotopic (exact) mass is 387 g/mol. The number of thiocarbonyl (C=S) groups is 1. The van der Waals surface area contributed by atoms with Crippen LogP contribution in [0.2, 0.25) is 0 Å². The molecule has 0 atom stereocenters. The number of anilines is 1. The highest BCUT2D eigenvalue weighted by Crippen LogP contribution is 2.27.